The average Bonchev–Trinajstić information content (AvgIpc) is 2.86. The molecule has 1 fully saturated rings. The summed E-state index contributed by atoms with van der Waals surface area (Å²) in [4.78, 5) is 19.4. The second-order valence-corrected chi connectivity index (χ2v) is 5.45. The Kier molecular flexibility index (Phi) is 5.12. The number of rotatable bonds is 5. The molecule has 6 nitrogen and oxygen atoms in total. The summed E-state index contributed by atoms with van der Waals surface area (Å²) in [7, 11) is 1.66. The lowest BCUT2D eigenvalue weighted by Gasteiger charge is -2.33. The fraction of sp³-hybridized carbons (Fsp3) is 0.667. The Labute approximate surface area is 117 Å². The molecule has 0 spiro atoms. The van der Waals surface area contributed by atoms with Crippen LogP contribution in [0.3, 0.4) is 0 Å². The summed E-state index contributed by atoms with van der Waals surface area (Å²) in [6, 6.07) is -0.205. The zero-order valence-electron chi connectivity index (χ0n) is 11.3. The van der Waals surface area contributed by atoms with Crippen LogP contribution >= 0.6 is 11.3 Å². The molecule has 2 rings (SSSR count). The molecule has 7 heteroatoms. The summed E-state index contributed by atoms with van der Waals surface area (Å²) < 4.78 is 5.39. The first kappa shape index (κ1) is 14.2. The predicted octanol–water partition coefficient (Wildman–Crippen LogP) is 0.522. The molecule has 0 saturated carbocycles. The van der Waals surface area contributed by atoms with Gasteiger partial charge in [0.1, 0.15) is 6.04 Å². The molecule has 106 valence electrons. The highest BCUT2D eigenvalue weighted by atomic mass is 32.1. The standard InChI is InChI=1S/C12H20N4O2S/c1-3-14-12-15-6-9(19-12)7-16-4-5-18-8-10(16)11(17)13-2/h6,10H,3-5,7-8H2,1-2H3,(H,13,17)(H,14,15). The summed E-state index contributed by atoms with van der Waals surface area (Å²) >= 11 is 1.64. The minimum Gasteiger partial charge on any atom is -0.378 e. The lowest BCUT2D eigenvalue weighted by Crippen LogP contribution is -2.52. The molecule has 0 bridgehead atoms. The van der Waals surface area contributed by atoms with Gasteiger partial charge in [-0.1, -0.05) is 0 Å². The van der Waals surface area contributed by atoms with E-state index in [0.29, 0.717) is 13.2 Å². The number of likely N-dealkylation sites (N-methyl/N-ethyl adjacent to an activating group) is 1. The van der Waals surface area contributed by atoms with Gasteiger partial charge in [-0.15, -0.1) is 11.3 Å². The van der Waals surface area contributed by atoms with Crippen LogP contribution in [0.2, 0.25) is 0 Å². The van der Waals surface area contributed by atoms with Crippen molar-refractivity contribution < 1.29 is 9.53 Å². The van der Waals surface area contributed by atoms with Crippen LogP contribution in [-0.4, -0.2) is 55.2 Å². The molecule has 1 unspecified atom stereocenters. The SMILES string of the molecule is CCNc1ncc(CN2CCOCC2C(=O)NC)s1. The van der Waals surface area contributed by atoms with E-state index in [4.69, 9.17) is 4.74 Å². The van der Waals surface area contributed by atoms with Crippen LogP contribution in [0.25, 0.3) is 0 Å². The fourth-order valence-electron chi connectivity index (χ4n) is 2.05. The van der Waals surface area contributed by atoms with E-state index in [1.807, 2.05) is 13.1 Å². The smallest absolute Gasteiger partial charge is 0.239 e. The van der Waals surface area contributed by atoms with Crippen molar-refractivity contribution in [2.45, 2.75) is 19.5 Å². The van der Waals surface area contributed by atoms with Crippen molar-refractivity contribution in [3.05, 3.63) is 11.1 Å². The van der Waals surface area contributed by atoms with Gasteiger partial charge in [-0.2, -0.15) is 0 Å². The molecule has 1 amide bonds. The van der Waals surface area contributed by atoms with E-state index in [9.17, 15) is 4.79 Å². The molecule has 1 saturated heterocycles. The number of hydrogen-bond acceptors (Lipinski definition) is 6. The second-order valence-electron chi connectivity index (χ2n) is 4.34. The number of morpholine rings is 1. The van der Waals surface area contributed by atoms with Crippen LogP contribution in [0, 0.1) is 0 Å². The Balaban J connectivity index is 2.00. The normalized spacial score (nSPS) is 20.2. The molecule has 2 heterocycles. The molecule has 1 aliphatic heterocycles. The zero-order valence-corrected chi connectivity index (χ0v) is 12.1. The van der Waals surface area contributed by atoms with Crippen molar-refractivity contribution in [3.8, 4) is 0 Å². The number of carbonyl (C=O) groups is 1. The number of anilines is 1. The maximum atomic E-state index is 11.8. The first-order valence-corrected chi connectivity index (χ1v) is 7.28. The van der Waals surface area contributed by atoms with Crippen LogP contribution in [0.1, 0.15) is 11.8 Å². The number of hydrogen-bond donors (Lipinski definition) is 2. The van der Waals surface area contributed by atoms with Crippen molar-refractivity contribution in [3.63, 3.8) is 0 Å². The van der Waals surface area contributed by atoms with Gasteiger partial charge < -0.3 is 15.4 Å². The monoisotopic (exact) mass is 284 g/mol. The molecule has 2 N–H and O–H groups in total. The van der Waals surface area contributed by atoms with Crippen molar-refractivity contribution >= 4 is 22.4 Å². The van der Waals surface area contributed by atoms with Crippen LogP contribution in [-0.2, 0) is 16.1 Å². The number of aromatic nitrogens is 1. The third kappa shape index (κ3) is 3.65. The predicted molar refractivity (Wildman–Crippen MR) is 75.4 cm³/mol. The van der Waals surface area contributed by atoms with Gasteiger partial charge in [0.2, 0.25) is 5.91 Å². The van der Waals surface area contributed by atoms with Gasteiger partial charge in [0, 0.05) is 37.8 Å². The minimum absolute atomic E-state index is 0.0103. The van der Waals surface area contributed by atoms with E-state index < -0.39 is 0 Å². The first-order valence-electron chi connectivity index (χ1n) is 6.46. The van der Waals surface area contributed by atoms with E-state index in [0.717, 1.165) is 29.6 Å². The molecule has 0 aliphatic carbocycles. The van der Waals surface area contributed by atoms with Gasteiger partial charge in [-0.3, -0.25) is 9.69 Å². The quantitative estimate of drug-likeness (QED) is 0.825. The summed E-state index contributed by atoms with van der Waals surface area (Å²) in [5, 5.41) is 6.82. The van der Waals surface area contributed by atoms with Gasteiger partial charge in [0.25, 0.3) is 0 Å². The van der Waals surface area contributed by atoms with Crippen molar-refractivity contribution in [1.82, 2.24) is 15.2 Å². The van der Waals surface area contributed by atoms with Crippen LogP contribution in [0.4, 0.5) is 5.13 Å². The van der Waals surface area contributed by atoms with Crippen LogP contribution in [0.5, 0.6) is 0 Å². The van der Waals surface area contributed by atoms with E-state index >= 15 is 0 Å². The maximum absolute atomic E-state index is 11.8. The Morgan fingerprint density at radius 1 is 1.68 bits per heavy atom. The van der Waals surface area contributed by atoms with Gasteiger partial charge in [0.05, 0.1) is 13.2 Å². The van der Waals surface area contributed by atoms with Gasteiger partial charge in [-0.05, 0) is 6.92 Å². The lowest BCUT2D eigenvalue weighted by molar-refractivity contribution is -0.132. The van der Waals surface area contributed by atoms with Gasteiger partial charge >= 0.3 is 0 Å². The number of thiazole rings is 1. The average molecular weight is 284 g/mol. The van der Waals surface area contributed by atoms with Crippen molar-refractivity contribution in [2.75, 3.05) is 38.7 Å². The molecule has 1 atom stereocenters. The number of amides is 1. The third-order valence-electron chi connectivity index (χ3n) is 3.03. The zero-order chi connectivity index (χ0) is 13.7. The Morgan fingerprint density at radius 3 is 3.26 bits per heavy atom. The Morgan fingerprint density at radius 2 is 2.53 bits per heavy atom. The Bertz CT molecular complexity index is 424. The molecule has 0 aromatic carbocycles. The molecule has 0 radical (unpaired) electrons. The molecular formula is C12H20N4O2S. The summed E-state index contributed by atoms with van der Waals surface area (Å²) in [6.45, 7) is 5.55. The number of ether oxygens (including phenoxy) is 1. The third-order valence-corrected chi connectivity index (χ3v) is 3.97. The van der Waals surface area contributed by atoms with E-state index in [-0.39, 0.29) is 11.9 Å². The van der Waals surface area contributed by atoms with E-state index in [1.54, 1.807) is 18.4 Å². The largest absolute Gasteiger partial charge is 0.378 e. The number of nitrogens with zero attached hydrogens (tertiary/aromatic N) is 2. The summed E-state index contributed by atoms with van der Waals surface area (Å²) in [5.41, 5.74) is 0. The lowest BCUT2D eigenvalue weighted by atomic mass is 10.2. The number of nitrogens with one attached hydrogen (secondary N) is 2. The number of carbonyl (C=O) groups excluding carboxylic acids is 1. The second kappa shape index (κ2) is 6.83. The molecule has 19 heavy (non-hydrogen) atoms. The molecular weight excluding hydrogens is 264 g/mol. The summed E-state index contributed by atoms with van der Waals surface area (Å²) in [6.07, 6.45) is 1.87. The highest BCUT2D eigenvalue weighted by molar-refractivity contribution is 7.15. The highest BCUT2D eigenvalue weighted by Crippen LogP contribution is 2.21. The van der Waals surface area contributed by atoms with Crippen LogP contribution < -0.4 is 10.6 Å². The Hall–Kier alpha value is -1.18. The van der Waals surface area contributed by atoms with Crippen molar-refractivity contribution in [1.29, 1.82) is 0 Å². The van der Waals surface area contributed by atoms with Gasteiger partial charge in [-0.25, -0.2) is 4.98 Å². The minimum atomic E-state index is -0.205. The highest BCUT2D eigenvalue weighted by Gasteiger charge is 2.29. The fourth-order valence-corrected chi connectivity index (χ4v) is 2.96. The van der Waals surface area contributed by atoms with E-state index in [1.165, 1.54) is 0 Å². The molecule has 1 aromatic rings. The van der Waals surface area contributed by atoms with E-state index in [2.05, 4.69) is 20.5 Å². The van der Waals surface area contributed by atoms with Crippen LogP contribution in [0.15, 0.2) is 6.20 Å². The maximum Gasteiger partial charge on any atom is 0.239 e. The van der Waals surface area contributed by atoms with Gasteiger partial charge in [0.15, 0.2) is 5.13 Å². The topological polar surface area (TPSA) is 66.5 Å². The summed E-state index contributed by atoms with van der Waals surface area (Å²) in [5.74, 6) is 0.0103. The van der Waals surface area contributed by atoms with Crippen molar-refractivity contribution in [2.24, 2.45) is 0 Å². The first-order chi connectivity index (χ1) is 9.24. The molecule has 1 aliphatic rings. The molecule has 1 aromatic heterocycles.